The fourth-order valence-electron chi connectivity index (χ4n) is 1.89. The lowest BCUT2D eigenvalue weighted by Crippen LogP contribution is -2.56. The molecule has 0 atom stereocenters. The van der Waals surface area contributed by atoms with Gasteiger partial charge in [-0.15, -0.1) is 0 Å². The first kappa shape index (κ1) is 17.1. The van der Waals surface area contributed by atoms with Crippen LogP contribution in [0.3, 0.4) is 0 Å². The second kappa shape index (κ2) is 8.21. The maximum absolute atomic E-state index is 6.04. The molecule has 0 amide bonds. The molecule has 2 N–H and O–H groups in total. The van der Waals surface area contributed by atoms with Crippen LogP contribution in [0.4, 0.5) is 0 Å². The standard InChI is InChI=1S/C12H29NO3Si/c1-7-14-17(13,15-8-2)16-9-12(10(3)4)11(5)6/h10-12H,7-9,13H2,1-6H3. The van der Waals surface area contributed by atoms with Gasteiger partial charge in [-0.3, -0.25) is 5.40 Å². The molecule has 0 aromatic carbocycles. The van der Waals surface area contributed by atoms with Gasteiger partial charge < -0.3 is 13.3 Å². The van der Waals surface area contributed by atoms with E-state index in [9.17, 15) is 0 Å². The van der Waals surface area contributed by atoms with E-state index in [0.717, 1.165) is 0 Å². The smallest absolute Gasteiger partial charge is 0.362 e. The van der Waals surface area contributed by atoms with Gasteiger partial charge in [0.1, 0.15) is 0 Å². The van der Waals surface area contributed by atoms with E-state index in [4.69, 9.17) is 18.7 Å². The van der Waals surface area contributed by atoms with E-state index in [1.54, 1.807) is 0 Å². The largest absolute Gasteiger partial charge is 0.594 e. The Hall–Kier alpha value is 0.0569. The molecule has 0 aliphatic carbocycles. The zero-order valence-electron chi connectivity index (χ0n) is 12.2. The SMILES string of the molecule is CCO[Si](N)(OCC)OCC(C(C)C)C(C)C. The second-order valence-corrected chi connectivity index (χ2v) is 7.01. The Balaban J connectivity index is 4.36. The summed E-state index contributed by atoms with van der Waals surface area (Å²) in [6, 6.07) is 0. The molecule has 0 aromatic heterocycles. The van der Waals surface area contributed by atoms with Crippen LogP contribution < -0.4 is 5.40 Å². The van der Waals surface area contributed by atoms with Gasteiger partial charge in [-0.1, -0.05) is 27.7 Å². The van der Waals surface area contributed by atoms with Crippen LogP contribution in [0.1, 0.15) is 41.5 Å². The minimum absolute atomic E-state index is 0.478. The van der Waals surface area contributed by atoms with Crippen LogP contribution in [0.25, 0.3) is 0 Å². The van der Waals surface area contributed by atoms with Crippen molar-refractivity contribution < 1.29 is 13.3 Å². The summed E-state index contributed by atoms with van der Waals surface area (Å²) in [5, 5.41) is 6.04. The number of rotatable bonds is 9. The molecule has 4 nitrogen and oxygen atoms in total. The van der Waals surface area contributed by atoms with Crippen molar-refractivity contribution in [3.05, 3.63) is 0 Å². The minimum atomic E-state index is -2.90. The van der Waals surface area contributed by atoms with Crippen molar-refractivity contribution in [3.8, 4) is 0 Å². The summed E-state index contributed by atoms with van der Waals surface area (Å²) in [7, 11) is -2.90. The van der Waals surface area contributed by atoms with Crippen molar-refractivity contribution in [2.45, 2.75) is 41.5 Å². The number of hydrogen-bond donors (Lipinski definition) is 1. The molecule has 0 aliphatic heterocycles. The highest BCUT2D eigenvalue weighted by Gasteiger charge is 2.38. The van der Waals surface area contributed by atoms with Crippen LogP contribution in [0.2, 0.25) is 0 Å². The Kier molecular flexibility index (Phi) is 8.24. The normalized spacial score (nSPS) is 13.1. The van der Waals surface area contributed by atoms with Crippen LogP contribution >= 0.6 is 0 Å². The van der Waals surface area contributed by atoms with E-state index in [1.165, 1.54) is 0 Å². The Morgan fingerprint density at radius 3 is 1.59 bits per heavy atom. The molecule has 0 bridgehead atoms. The van der Waals surface area contributed by atoms with Crippen LogP contribution in [0.15, 0.2) is 0 Å². The first-order valence-corrected chi connectivity index (χ1v) is 8.37. The third kappa shape index (κ3) is 6.52. The topological polar surface area (TPSA) is 53.7 Å². The quantitative estimate of drug-likeness (QED) is 0.649. The van der Waals surface area contributed by atoms with Crippen molar-refractivity contribution in [2.75, 3.05) is 19.8 Å². The van der Waals surface area contributed by atoms with Crippen molar-refractivity contribution in [1.29, 1.82) is 0 Å². The zero-order chi connectivity index (χ0) is 13.5. The Morgan fingerprint density at radius 1 is 0.882 bits per heavy atom. The van der Waals surface area contributed by atoms with E-state index >= 15 is 0 Å². The number of hydrogen-bond acceptors (Lipinski definition) is 4. The van der Waals surface area contributed by atoms with Gasteiger partial charge in [-0.2, -0.15) is 0 Å². The van der Waals surface area contributed by atoms with Gasteiger partial charge in [0.05, 0.1) is 0 Å². The van der Waals surface area contributed by atoms with Crippen molar-refractivity contribution >= 4 is 8.97 Å². The third-order valence-electron chi connectivity index (χ3n) is 2.88. The fraction of sp³-hybridized carbons (Fsp3) is 1.00. The molecule has 17 heavy (non-hydrogen) atoms. The number of nitrogens with two attached hydrogens (primary N) is 1. The lowest BCUT2D eigenvalue weighted by Gasteiger charge is -2.29. The molecule has 0 rings (SSSR count). The molecule has 5 heteroatoms. The van der Waals surface area contributed by atoms with E-state index in [2.05, 4.69) is 27.7 Å². The Labute approximate surface area is 107 Å². The molecule has 0 saturated carbocycles. The van der Waals surface area contributed by atoms with E-state index in [0.29, 0.717) is 37.6 Å². The summed E-state index contributed by atoms with van der Waals surface area (Å²) in [6.07, 6.45) is 0. The van der Waals surface area contributed by atoms with Gasteiger partial charge >= 0.3 is 8.97 Å². The summed E-state index contributed by atoms with van der Waals surface area (Å²) in [4.78, 5) is 0. The first-order valence-electron chi connectivity index (χ1n) is 6.57. The van der Waals surface area contributed by atoms with Gasteiger partial charge in [-0.25, -0.2) is 0 Å². The van der Waals surface area contributed by atoms with Crippen molar-refractivity contribution in [1.82, 2.24) is 0 Å². The Bertz CT molecular complexity index is 186. The predicted molar refractivity (Wildman–Crippen MR) is 72.3 cm³/mol. The average Bonchev–Trinajstić information content (AvgIpc) is 2.17. The monoisotopic (exact) mass is 263 g/mol. The second-order valence-electron chi connectivity index (χ2n) is 4.93. The highest BCUT2D eigenvalue weighted by molar-refractivity contribution is 6.56. The van der Waals surface area contributed by atoms with Crippen LogP contribution in [0, 0.1) is 17.8 Å². The minimum Gasteiger partial charge on any atom is -0.362 e. The van der Waals surface area contributed by atoms with E-state index < -0.39 is 8.97 Å². The van der Waals surface area contributed by atoms with Crippen molar-refractivity contribution in [3.63, 3.8) is 0 Å². The average molecular weight is 263 g/mol. The Morgan fingerprint density at radius 2 is 1.29 bits per heavy atom. The highest BCUT2D eigenvalue weighted by atomic mass is 28.4. The maximum atomic E-state index is 6.04. The molecular formula is C12H29NO3Si. The molecule has 0 radical (unpaired) electrons. The van der Waals surface area contributed by atoms with Crippen LogP contribution in [-0.2, 0) is 13.3 Å². The van der Waals surface area contributed by atoms with Gasteiger partial charge in [0, 0.05) is 19.8 Å². The van der Waals surface area contributed by atoms with Gasteiger partial charge in [0.25, 0.3) is 0 Å². The fourth-order valence-corrected chi connectivity index (χ4v) is 3.37. The first-order chi connectivity index (χ1) is 7.86. The van der Waals surface area contributed by atoms with E-state index in [-0.39, 0.29) is 0 Å². The van der Waals surface area contributed by atoms with Crippen LogP contribution in [0.5, 0.6) is 0 Å². The summed E-state index contributed by atoms with van der Waals surface area (Å²) in [5.74, 6) is 1.61. The molecular weight excluding hydrogens is 234 g/mol. The van der Waals surface area contributed by atoms with Crippen LogP contribution in [-0.4, -0.2) is 28.8 Å². The summed E-state index contributed by atoms with van der Waals surface area (Å²) < 4.78 is 16.7. The zero-order valence-corrected chi connectivity index (χ0v) is 13.2. The molecule has 104 valence electrons. The summed E-state index contributed by atoms with van der Waals surface area (Å²) in [6.45, 7) is 14.3. The molecule has 0 unspecified atom stereocenters. The van der Waals surface area contributed by atoms with E-state index in [1.807, 2.05) is 13.8 Å². The molecule has 0 heterocycles. The van der Waals surface area contributed by atoms with Gasteiger partial charge in [0.2, 0.25) is 0 Å². The molecule has 0 fully saturated rings. The van der Waals surface area contributed by atoms with Crippen molar-refractivity contribution in [2.24, 2.45) is 23.2 Å². The lowest BCUT2D eigenvalue weighted by atomic mass is 9.86. The van der Waals surface area contributed by atoms with Gasteiger partial charge in [0.15, 0.2) is 0 Å². The molecule has 0 aromatic rings. The summed E-state index contributed by atoms with van der Waals surface area (Å²) in [5.41, 5.74) is 0. The molecule has 0 saturated heterocycles. The molecule has 0 aliphatic rings. The lowest BCUT2D eigenvalue weighted by molar-refractivity contribution is 0.0405. The molecule has 0 spiro atoms. The third-order valence-corrected chi connectivity index (χ3v) is 4.83. The van der Waals surface area contributed by atoms with Gasteiger partial charge in [-0.05, 0) is 31.6 Å². The summed E-state index contributed by atoms with van der Waals surface area (Å²) >= 11 is 0. The predicted octanol–water partition coefficient (Wildman–Crippen LogP) is 2.40. The highest BCUT2D eigenvalue weighted by Crippen LogP contribution is 2.21. The maximum Gasteiger partial charge on any atom is 0.594 e.